The lowest BCUT2D eigenvalue weighted by Crippen LogP contribution is -2.38. The van der Waals surface area contributed by atoms with Crippen molar-refractivity contribution in [2.45, 2.75) is 45.6 Å². The SMILES string of the molecule is Cc1nn(C)c(C)c1CC(=O)Nc1cc(C2CCCCN2C(=O)c2ccc(-c3ccc(Cl)cc3)o2)[nH]n1. The average Bonchev–Trinajstić information content (AvgIpc) is 3.61. The number of likely N-dealkylation sites (tertiary alicyclic amines) is 1. The number of H-pyrrole nitrogens is 1. The number of hydrogen-bond acceptors (Lipinski definition) is 5. The van der Waals surface area contributed by atoms with Crippen molar-refractivity contribution in [3.63, 3.8) is 0 Å². The molecule has 0 radical (unpaired) electrons. The number of halogens is 1. The van der Waals surface area contributed by atoms with Crippen LogP contribution < -0.4 is 5.32 Å². The molecule has 192 valence electrons. The van der Waals surface area contributed by atoms with E-state index in [2.05, 4.69) is 20.6 Å². The summed E-state index contributed by atoms with van der Waals surface area (Å²) in [4.78, 5) is 27.9. The molecular formula is C27H29ClN6O3. The quantitative estimate of drug-likeness (QED) is 0.362. The molecule has 0 spiro atoms. The summed E-state index contributed by atoms with van der Waals surface area (Å²) in [7, 11) is 1.86. The minimum Gasteiger partial charge on any atom is -0.451 e. The third-order valence-electron chi connectivity index (χ3n) is 6.93. The Morgan fingerprint density at radius 2 is 1.95 bits per heavy atom. The highest BCUT2D eigenvalue weighted by Crippen LogP contribution is 2.33. The second kappa shape index (κ2) is 10.3. The van der Waals surface area contributed by atoms with Gasteiger partial charge in [-0.05, 0) is 69.5 Å². The van der Waals surface area contributed by atoms with Crippen molar-refractivity contribution in [1.29, 1.82) is 0 Å². The van der Waals surface area contributed by atoms with Crippen molar-refractivity contribution in [3.8, 4) is 11.3 Å². The number of amides is 2. The van der Waals surface area contributed by atoms with Crippen molar-refractivity contribution in [2.75, 3.05) is 11.9 Å². The topological polar surface area (TPSA) is 109 Å². The number of benzene rings is 1. The summed E-state index contributed by atoms with van der Waals surface area (Å²) >= 11 is 5.98. The normalized spacial score (nSPS) is 15.7. The van der Waals surface area contributed by atoms with E-state index in [9.17, 15) is 9.59 Å². The molecule has 0 bridgehead atoms. The molecule has 4 heterocycles. The minimum absolute atomic E-state index is 0.167. The van der Waals surface area contributed by atoms with Gasteiger partial charge in [0.05, 0.1) is 23.9 Å². The van der Waals surface area contributed by atoms with E-state index in [0.717, 1.165) is 47.5 Å². The number of furan rings is 1. The number of anilines is 1. The van der Waals surface area contributed by atoms with Gasteiger partial charge in [0.1, 0.15) is 5.76 Å². The number of piperidine rings is 1. The van der Waals surface area contributed by atoms with E-state index in [0.29, 0.717) is 23.1 Å². The van der Waals surface area contributed by atoms with E-state index < -0.39 is 0 Å². The van der Waals surface area contributed by atoms with E-state index in [4.69, 9.17) is 16.0 Å². The molecule has 0 saturated carbocycles. The summed E-state index contributed by atoms with van der Waals surface area (Å²) in [5.41, 5.74) is 4.34. The van der Waals surface area contributed by atoms with E-state index in [1.807, 2.05) is 37.9 Å². The first-order chi connectivity index (χ1) is 17.8. The minimum atomic E-state index is -0.189. The molecule has 1 aliphatic heterocycles. The second-order valence-corrected chi connectivity index (χ2v) is 9.82. The van der Waals surface area contributed by atoms with Gasteiger partial charge in [-0.1, -0.05) is 11.6 Å². The molecule has 4 aromatic rings. The van der Waals surface area contributed by atoms with Crippen LogP contribution in [0.5, 0.6) is 0 Å². The maximum atomic E-state index is 13.4. The van der Waals surface area contributed by atoms with Crippen LogP contribution in [-0.2, 0) is 18.3 Å². The Bertz CT molecular complexity index is 1430. The fourth-order valence-electron chi connectivity index (χ4n) is 4.85. The monoisotopic (exact) mass is 520 g/mol. The molecule has 1 aliphatic rings. The first-order valence-corrected chi connectivity index (χ1v) is 12.7. The standard InChI is InChI=1S/C27H29ClN6O3/c1-16-20(17(2)33(3)32-16)14-26(35)29-25-15-21(30-31-25)22-6-4-5-13-34(22)27(36)24-12-11-23(37-24)18-7-9-19(28)10-8-18/h7-12,15,22H,4-6,13-14H2,1-3H3,(H2,29,30,31,35). The van der Waals surface area contributed by atoms with E-state index >= 15 is 0 Å². The summed E-state index contributed by atoms with van der Waals surface area (Å²) in [5, 5.41) is 15.2. The number of nitrogens with one attached hydrogen (secondary N) is 2. The fraction of sp³-hybridized carbons (Fsp3) is 0.333. The lowest BCUT2D eigenvalue weighted by atomic mass is 9.99. The summed E-state index contributed by atoms with van der Waals surface area (Å²) in [6.45, 7) is 4.45. The lowest BCUT2D eigenvalue weighted by Gasteiger charge is -2.34. The smallest absolute Gasteiger partial charge is 0.290 e. The van der Waals surface area contributed by atoms with Gasteiger partial charge in [-0.2, -0.15) is 10.2 Å². The molecule has 1 fully saturated rings. The maximum Gasteiger partial charge on any atom is 0.290 e. The van der Waals surface area contributed by atoms with Crippen molar-refractivity contribution < 1.29 is 14.0 Å². The van der Waals surface area contributed by atoms with E-state index in [1.54, 1.807) is 35.0 Å². The Balaban J connectivity index is 1.29. The Kier molecular flexibility index (Phi) is 6.88. The molecule has 37 heavy (non-hydrogen) atoms. The molecule has 9 nitrogen and oxygen atoms in total. The van der Waals surface area contributed by atoms with Gasteiger partial charge in [-0.25, -0.2) is 0 Å². The summed E-state index contributed by atoms with van der Waals surface area (Å²) in [5.74, 6) is 0.985. The molecular weight excluding hydrogens is 492 g/mol. The average molecular weight is 521 g/mol. The molecule has 1 saturated heterocycles. The van der Waals surface area contributed by atoms with Crippen LogP contribution in [0.4, 0.5) is 5.82 Å². The Morgan fingerprint density at radius 3 is 2.68 bits per heavy atom. The highest BCUT2D eigenvalue weighted by Gasteiger charge is 2.32. The number of carbonyl (C=O) groups is 2. The molecule has 3 aromatic heterocycles. The third kappa shape index (κ3) is 5.17. The maximum absolute atomic E-state index is 13.4. The molecule has 1 aromatic carbocycles. The number of aryl methyl sites for hydroxylation is 2. The van der Waals surface area contributed by atoms with Crippen LogP contribution in [-0.4, -0.2) is 43.2 Å². The first-order valence-electron chi connectivity index (χ1n) is 12.3. The highest BCUT2D eigenvalue weighted by molar-refractivity contribution is 6.30. The van der Waals surface area contributed by atoms with Gasteiger partial charge in [0.25, 0.3) is 5.91 Å². The van der Waals surface area contributed by atoms with Crippen molar-refractivity contribution >= 4 is 29.2 Å². The van der Waals surface area contributed by atoms with Crippen molar-refractivity contribution in [2.24, 2.45) is 7.05 Å². The lowest BCUT2D eigenvalue weighted by molar-refractivity contribution is -0.115. The summed E-state index contributed by atoms with van der Waals surface area (Å²) in [6, 6.07) is 12.4. The number of rotatable bonds is 6. The fourth-order valence-corrected chi connectivity index (χ4v) is 4.98. The molecule has 5 rings (SSSR count). The molecule has 2 amide bonds. The van der Waals surface area contributed by atoms with Crippen LogP contribution >= 0.6 is 11.6 Å². The Labute approximate surface area is 219 Å². The van der Waals surface area contributed by atoms with E-state index in [1.165, 1.54) is 0 Å². The van der Waals surface area contributed by atoms with Gasteiger partial charge in [0.2, 0.25) is 5.91 Å². The number of aromatic amines is 1. The molecule has 1 atom stereocenters. The van der Waals surface area contributed by atoms with Crippen LogP contribution in [0.2, 0.25) is 5.02 Å². The molecule has 0 aliphatic carbocycles. The van der Waals surface area contributed by atoms with Crippen molar-refractivity contribution in [1.82, 2.24) is 24.9 Å². The highest BCUT2D eigenvalue weighted by atomic mass is 35.5. The zero-order chi connectivity index (χ0) is 26.1. The van der Waals surface area contributed by atoms with Crippen LogP contribution in [0.25, 0.3) is 11.3 Å². The predicted octanol–water partition coefficient (Wildman–Crippen LogP) is 5.22. The zero-order valence-electron chi connectivity index (χ0n) is 21.0. The van der Waals surface area contributed by atoms with Crippen LogP contribution in [0, 0.1) is 13.8 Å². The van der Waals surface area contributed by atoms with Crippen LogP contribution in [0.1, 0.15) is 58.5 Å². The van der Waals surface area contributed by atoms with Gasteiger partial charge in [0.15, 0.2) is 11.6 Å². The van der Waals surface area contributed by atoms with Gasteiger partial charge >= 0.3 is 0 Å². The third-order valence-corrected chi connectivity index (χ3v) is 7.18. The molecule has 1 unspecified atom stereocenters. The number of aromatic nitrogens is 4. The molecule has 2 N–H and O–H groups in total. The van der Waals surface area contributed by atoms with Crippen LogP contribution in [0.15, 0.2) is 46.9 Å². The molecule has 10 heteroatoms. The Hall–Kier alpha value is -3.85. The Morgan fingerprint density at radius 1 is 1.16 bits per heavy atom. The number of hydrogen-bond donors (Lipinski definition) is 2. The largest absolute Gasteiger partial charge is 0.451 e. The van der Waals surface area contributed by atoms with Gasteiger partial charge in [-0.3, -0.25) is 19.4 Å². The summed E-state index contributed by atoms with van der Waals surface area (Å²) < 4.78 is 7.69. The summed E-state index contributed by atoms with van der Waals surface area (Å²) in [6.07, 6.45) is 2.91. The number of carbonyl (C=O) groups excluding carboxylic acids is 2. The van der Waals surface area contributed by atoms with Gasteiger partial charge in [-0.15, -0.1) is 0 Å². The predicted molar refractivity (Wildman–Crippen MR) is 140 cm³/mol. The van der Waals surface area contributed by atoms with Crippen LogP contribution in [0.3, 0.4) is 0 Å². The van der Waals surface area contributed by atoms with Gasteiger partial charge < -0.3 is 14.6 Å². The van der Waals surface area contributed by atoms with Gasteiger partial charge in [0, 0.05) is 41.5 Å². The second-order valence-electron chi connectivity index (χ2n) is 9.39. The zero-order valence-corrected chi connectivity index (χ0v) is 21.8. The number of nitrogens with zero attached hydrogens (tertiary/aromatic N) is 4. The van der Waals surface area contributed by atoms with E-state index in [-0.39, 0.29) is 30.0 Å². The first kappa shape index (κ1) is 24.8. The van der Waals surface area contributed by atoms with Crippen molar-refractivity contribution in [3.05, 3.63) is 75.9 Å².